The van der Waals surface area contributed by atoms with Crippen molar-refractivity contribution in [1.82, 2.24) is 4.98 Å². The van der Waals surface area contributed by atoms with Crippen molar-refractivity contribution in [3.63, 3.8) is 0 Å². The maximum atomic E-state index is 13.5. The lowest BCUT2D eigenvalue weighted by atomic mass is 10.1. The van der Waals surface area contributed by atoms with Crippen LogP contribution in [0.1, 0.15) is 5.56 Å². The highest BCUT2D eigenvalue weighted by Gasteiger charge is 2.09. The van der Waals surface area contributed by atoms with Crippen LogP contribution in [0, 0.1) is 5.82 Å². The number of primary amides is 1. The van der Waals surface area contributed by atoms with E-state index in [0.717, 1.165) is 0 Å². The van der Waals surface area contributed by atoms with E-state index in [4.69, 9.17) is 15.2 Å². The van der Waals surface area contributed by atoms with Gasteiger partial charge in [0.1, 0.15) is 23.1 Å². The number of nitrogens with zero attached hydrogens (tertiary/aromatic N) is 1. The van der Waals surface area contributed by atoms with Gasteiger partial charge in [0, 0.05) is 17.6 Å². The summed E-state index contributed by atoms with van der Waals surface area (Å²) in [4.78, 5) is 15.3. The molecule has 0 fully saturated rings. The molecule has 122 valence electrons. The van der Waals surface area contributed by atoms with Crippen LogP contribution in [0.2, 0.25) is 0 Å². The number of pyridine rings is 1. The zero-order chi connectivity index (χ0) is 17.1. The van der Waals surface area contributed by atoms with Gasteiger partial charge >= 0.3 is 0 Å². The van der Waals surface area contributed by atoms with Crippen LogP contribution in [0.3, 0.4) is 0 Å². The molecule has 0 radical (unpaired) electrons. The smallest absolute Gasteiger partial charge is 0.221 e. The van der Waals surface area contributed by atoms with Crippen LogP contribution in [0.4, 0.5) is 4.39 Å². The van der Waals surface area contributed by atoms with Gasteiger partial charge in [-0.05, 0) is 42.0 Å². The van der Waals surface area contributed by atoms with Crippen LogP contribution >= 0.6 is 0 Å². The summed E-state index contributed by atoms with van der Waals surface area (Å²) < 4.78 is 24.6. The van der Waals surface area contributed by atoms with Crippen LogP contribution in [-0.4, -0.2) is 18.0 Å². The number of hydrogen-bond acceptors (Lipinski definition) is 4. The lowest BCUT2D eigenvalue weighted by Gasteiger charge is -2.11. The summed E-state index contributed by atoms with van der Waals surface area (Å²) in [6.45, 7) is 0. The number of benzene rings is 2. The minimum absolute atomic E-state index is 0.0687. The molecule has 0 saturated heterocycles. The molecule has 5 nitrogen and oxygen atoms in total. The quantitative estimate of drug-likeness (QED) is 0.781. The Kier molecular flexibility index (Phi) is 4.29. The van der Waals surface area contributed by atoms with E-state index in [1.807, 2.05) is 0 Å². The molecule has 0 bridgehead atoms. The molecule has 0 aliphatic carbocycles. The van der Waals surface area contributed by atoms with Gasteiger partial charge in [-0.1, -0.05) is 0 Å². The second kappa shape index (κ2) is 6.54. The molecule has 2 N–H and O–H groups in total. The fourth-order valence-corrected chi connectivity index (χ4v) is 2.42. The van der Waals surface area contributed by atoms with Crippen LogP contribution in [0.5, 0.6) is 17.2 Å². The van der Waals surface area contributed by atoms with E-state index < -0.39 is 5.91 Å². The van der Waals surface area contributed by atoms with E-state index in [1.54, 1.807) is 36.5 Å². The molecule has 0 atom stereocenters. The van der Waals surface area contributed by atoms with Crippen LogP contribution in [-0.2, 0) is 11.2 Å². The summed E-state index contributed by atoms with van der Waals surface area (Å²) in [5.74, 6) is 0.625. The van der Waals surface area contributed by atoms with Crippen molar-refractivity contribution in [2.75, 3.05) is 7.11 Å². The second-order valence-corrected chi connectivity index (χ2v) is 5.23. The van der Waals surface area contributed by atoms with Gasteiger partial charge in [-0.15, -0.1) is 0 Å². The molecule has 0 aliphatic rings. The highest BCUT2D eigenvalue weighted by Crippen LogP contribution is 2.32. The van der Waals surface area contributed by atoms with Gasteiger partial charge in [0.25, 0.3) is 0 Å². The van der Waals surface area contributed by atoms with Crippen molar-refractivity contribution in [3.8, 4) is 17.2 Å². The maximum absolute atomic E-state index is 13.5. The number of methoxy groups -OCH3 is 1. The molecule has 2 aromatic carbocycles. The molecule has 1 heterocycles. The highest BCUT2D eigenvalue weighted by atomic mass is 19.1. The summed E-state index contributed by atoms with van der Waals surface area (Å²) >= 11 is 0. The predicted octanol–water partition coefficient (Wildman–Crippen LogP) is 3.20. The van der Waals surface area contributed by atoms with Crippen molar-refractivity contribution in [3.05, 3.63) is 60.0 Å². The average molecular weight is 326 g/mol. The Balaban J connectivity index is 2.01. The fourth-order valence-electron chi connectivity index (χ4n) is 2.42. The standard InChI is InChI=1S/C18H15FN2O3/c1-23-13-6-11(8-18(20)22)7-14(10-13)24-17-4-5-21-16-3-2-12(19)9-15(16)17/h2-7,9-10H,8H2,1H3,(H2,20,22). The minimum Gasteiger partial charge on any atom is -0.497 e. The first kappa shape index (κ1) is 15.7. The number of fused-ring (bicyclic) bond motifs is 1. The number of carbonyl (C=O) groups is 1. The lowest BCUT2D eigenvalue weighted by molar-refractivity contribution is -0.117. The van der Waals surface area contributed by atoms with E-state index in [2.05, 4.69) is 4.98 Å². The maximum Gasteiger partial charge on any atom is 0.221 e. The van der Waals surface area contributed by atoms with Crippen molar-refractivity contribution >= 4 is 16.8 Å². The Labute approximate surface area is 137 Å². The minimum atomic E-state index is -0.453. The Hall–Kier alpha value is -3.15. The van der Waals surface area contributed by atoms with Gasteiger partial charge in [-0.2, -0.15) is 0 Å². The Morgan fingerprint density at radius 2 is 1.96 bits per heavy atom. The van der Waals surface area contributed by atoms with Gasteiger partial charge in [0.2, 0.25) is 5.91 Å². The first-order valence-corrected chi connectivity index (χ1v) is 7.23. The van der Waals surface area contributed by atoms with Crippen LogP contribution < -0.4 is 15.2 Å². The number of carbonyl (C=O) groups excluding carboxylic acids is 1. The molecular weight excluding hydrogens is 311 g/mol. The van der Waals surface area contributed by atoms with Gasteiger partial charge in [0.05, 0.1) is 19.0 Å². The van der Waals surface area contributed by atoms with Crippen molar-refractivity contribution < 1.29 is 18.7 Å². The van der Waals surface area contributed by atoms with Gasteiger partial charge < -0.3 is 15.2 Å². The molecule has 1 amide bonds. The highest BCUT2D eigenvalue weighted by molar-refractivity contribution is 5.85. The summed E-state index contributed by atoms with van der Waals surface area (Å²) in [6.07, 6.45) is 1.65. The Morgan fingerprint density at radius 3 is 2.71 bits per heavy atom. The predicted molar refractivity (Wildman–Crippen MR) is 87.7 cm³/mol. The van der Waals surface area contributed by atoms with E-state index in [0.29, 0.717) is 33.7 Å². The zero-order valence-electron chi connectivity index (χ0n) is 13.0. The first-order chi connectivity index (χ1) is 11.5. The molecule has 0 aliphatic heterocycles. The summed E-state index contributed by atoms with van der Waals surface area (Å²) in [6, 6.07) is 11.0. The number of aromatic nitrogens is 1. The Bertz CT molecular complexity index is 912. The van der Waals surface area contributed by atoms with Crippen LogP contribution in [0.25, 0.3) is 10.9 Å². The third kappa shape index (κ3) is 3.43. The number of halogens is 1. The zero-order valence-corrected chi connectivity index (χ0v) is 13.0. The Morgan fingerprint density at radius 1 is 1.17 bits per heavy atom. The topological polar surface area (TPSA) is 74.4 Å². The molecule has 0 spiro atoms. The van der Waals surface area contributed by atoms with E-state index in [1.165, 1.54) is 19.2 Å². The molecule has 3 rings (SSSR count). The second-order valence-electron chi connectivity index (χ2n) is 5.23. The number of ether oxygens (including phenoxy) is 2. The largest absolute Gasteiger partial charge is 0.497 e. The summed E-state index contributed by atoms with van der Waals surface area (Å²) in [5.41, 5.74) is 6.53. The number of nitrogens with two attached hydrogens (primary N) is 1. The molecule has 0 unspecified atom stereocenters. The third-order valence-electron chi connectivity index (χ3n) is 3.45. The lowest BCUT2D eigenvalue weighted by Crippen LogP contribution is -2.13. The van der Waals surface area contributed by atoms with E-state index >= 15 is 0 Å². The summed E-state index contributed by atoms with van der Waals surface area (Å²) in [5, 5.41) is 0.553. The number of rotatable bonds is 5. The fraction of sp³-hybridized carbons (Fsp3) is 0.111. The average Bonchev–Trinajstić information content (AvgIpc) is 2.54. The first-order valence-electron chi connectivity index (χ1n) is 7.23. The monoisotopic (exact) mass is 326 g/mol. The number of amides is 1. The number of hydrogen-bond donors (Lipinski definition) is 1. The summed E-state index contributed by atoms with van der Waals surface area (Å²) in [7, 11) is 1.52. The molecule has 6 heteroatoms. The van der Waals surface area contributed by atoms with Gasteiger partial charge in [0.15, 0.2) is 0 Å². The van der Waals surface area contributed by atoms with Gasteiger partial charge in [-0.25, -0.2) is 4.39 Å². The molecule has 24 heavy (non-hydrogen) atoms. The normalized spacial score (nSPS) is 10.6. The SMILES string of the molecule is COc1cc(CC(N)=O)cc(Oc2ccnc3ccc(F)cc23)c1. The van der Waals surface area contributed by atoms with Crippen molar-refractivity contribution in [2.45, 2.75) is 6.42 Å². The van der Waals surface area contributed by atoms with E-state index in [9.17, 15) is 9.18 Å². The van der Waals surface area contributed by atoms with Gasteiger partial charge in [-0.3, -0.25) is 9.78 Å². The molecule has 1 aromatic heterocycles. The third-order valence-corrected chi connectivity index (χ3v) is 3.45. The van der Waals surface area contributed by atoms with E-state index in [-0.39, 0.29) is 12.2 Å². The van der Waals surface area contributed by atoms with Crippen molar-refractivity contribution in [1.29, 1.82) is 0 Å². The molecule has 3 aromatic rings. The van der Waals surface area contributed by atoms with Crippen molar-refractivity contribution in [2.24, 2.45) is 5.73 Å². The molecular formula is C18H15FN2O3. The molecule has 0 saturated carbocycles. The van der Waals surface area contributed by atoms with Crippen LogP contribution in [0.15, 0.2) is 48.7 Å².